The normalized spacial score (nSPS) is 12.0. The van der Waals surface area contributed by atoms with Gasteiger partial charge in [0, 0.05) is 10.8 Å². The Morgan fingerprint density at radius 2 is 2.03 bits per heavy atom. The van der Waals surface area contributed by atoms with Crippen LogP contribution in [-0.2, 0) is 16.0 Å². The summed E-state index contributed by atoms with van der Waals surface area (Å²) in [6, 6.07) is 11.6. The fourth-order valence-corrected chi connectivity index (χ4v) is 4.53. The van der Waals surface area contributed by atoms with Crippen molar-refractivity contribution < 1.29 is 9.59 Å². The highest BCUT2D eigenvalue weighted by Gasteiger charge is 2.15. The molecule has 1 aromatic carbocycles. The summed E-state index contributed by atoms with van der Waals surface area (Å²) in [5.74, 6) is -0.0754. The summed E-state index contributed by atoms with van der Waals surface area (Å²) in [5.41, 5.74) is 7.34. The smallest absolute Gasteiger partial charge is 0.249 e. The maximum Gasteiger partial charge on any atom is 0.249 e. The number of nitrogens with one attached hydrogen (secondary N) is 2. The van der Waals surface area contributed by atoms with Gasteiger partial charge in [-0.25, -0.2) is 9.97 Å². The van der Waals surface area contributed by atoms with Crippen molar-refractivity contribution in [3.05, 3.63) is 47.5 Å². The predicted octanol–water partition coefficient (Wildman–Crippen LogP) is 2.62. The van der Waals surface area contributed by atoms with Gasteiger partial charge < -0.3 is 5.73 Å². The Morgan fingerprint density at radius 3 is 2.87 bits per heavy atom. The van der Waals surface area contributed by atoms with Crippen molar-refractivity contribution >= 4 is 51.8 Å². The monoisotopic (exact) mass is 439 g/mol. The SMILES string of the molecule is CC(Sc1nc(CC(=O)Nc2n[nH]c(-c3ccc4ccccc4n3)n2)cs1)C(N)=O. The number of nitrogens with zero attached hydrogens (tertiary/aromatic N) is 4. The maximum atomic E-state index is 12.3. The van der Waals surface area contributed by atoms with E-state index in [4.69, 9.17) is 5.73 Å². The van der Waals surface area contributed by atoms with Gasteiger partial charge in [0.1, 0.15) is 5.69 Å². The van der Waals surface area contributed by atoms with Crippen LogP contribution in [0.15, 0.2) is 46.1 Å². The zero-order valence-corrected chi connectivity index (χ0v) is 17.5. The average molecular weight is 440 g/mol. The molecule has 4 rings (SSSR count). The third-order valence-corrected chi connectivity index (χ3v) is 6.27. The highest BCUT2D eigenvalue weighted by atomic mass is 32.2. The van der Waals surface area contributed by atoms with Gasteiger partial charge in [-0.2, -0.15) is 4.98 Å². The number of H-pyrrole nitrogens is 1. The van der Waals surface area contributed by atoms with Crippen molar-refractivity contribution in [2.45, 2.75) is 22.9 Å². The fraction of sp³-hybridized carbons (Fsp3) is 0.158. The molecule has 0 fully saturated rings. The first-order valence-corrected chi connectivity index (χ1v) is 10.7. The molecule has 1 atom stereocenters. The van der Waals surface area contributed by atoms with E-state index in [0.717, 1.165) is 10.9 Å². The second kappa shape index (κ2) is 8.59. The van der Waals surface area contributed by atoms with Crippen LogP contribution in [-0.4, -0.2) is 42.2 Å². The molecule has 9 nitrogen and oxygen atoms in total. The van der Waals surface area contributed by atoms with E-state index >= 15 is 0 Å². The third-order valence-electron chi connectivity index (χ3n) is 4.13. The molecule has 0 aliphatic carbocycles. The Labute approximate surface area is 179 Å². The number of aromatic amines is 1. The van der Waals surface area contributed by atoms with Crippen molar-refractivity contribution in [3.8, 4) is 11.5 Å². The number of rotatable bonds is 7. The summed E-state index contributed by atoms with van der Waals surface area (Å²) in [5, 5.41) is 11.9. The fourth-order valence-electron chi connectivity index (χ4n) is 2.60. The molecule has 0 saturated carbocycles. The van der Waals surface area contributed by atoms with Crippen LogP contribution in [0.5, 0.6) is 0 Å². The number of thioether (sulfide) groups is 1. The zero-order valence-electron chi connectivity index (χ0n) is 15.8. The minimum absolute atomic E-state index is 0.0696. The number of anilines is 1. The number of hydrogen-bond acceptors (Lipinski definition) is 8. The van der Waals surface area contributed by atoms with Crippen molar-refractivity contribution in [2.24, 2.45) is 5.73 Å². The van der Waals surface area contributed by atoms with Gasteiger partial charge in [0.25, 0.3) is 0 Å². The number of nitrogens with two attached hydrogens (primary N) is 1. The Kier molecular flexibility index (Phi) is 5.72. The molecule has 0 saturated heterocycles. The molecule has 11 heteroatoms. The number of primary amides is 1. The van der Waals surface area contributed by atoms with Crippen LogP contribution < -0.4 is 11.1 Å². The Bertz CT molecular complexity index is 1220. The summed E-state index contributed by atoms with van der Waals surface area (Å²) in [6.45, 7) is 1.71. The van der Waals surface area contributed by atoms with Gasteiger partial charge in [0.15, 0.2) is 10.2 Å². The number of hydrogen-bond donors (Lipinski definition) is 3. The summed E-state index contributed by atoms with van der Waals surface area (Å²) < 4.78 is 0.687. The van der Waals surface area contributed by atoms with Crippen molar-refractivity contribution in [1.82, 2.24) is 25.1 Å². The third kappa shape index (κ3) is 4.63. The lowest BCUT2D eigenvalue weighted by molar-refractivity contribution is -0.117. The Hall–Kier alpha value is -3.31. The zero-order chi connectivity index (χ0) is 21.1. The van der Waals surface area contributed by atoms with Gasteiger partial charge in [-0.1, -0.05) is 36.0 Å². The largest absolute Gasteiger partial charge is 0.369 e. The lowest BCUT2D eigenvalue weighted by Crippen LogP contribution is -2.22. The van der Waals surface area contributed by atoms with Crippen molar-refractivity contribution in [1.29, 1.82) is 0 Å². The van der Waals surface area contributed by atoms with E-state index in [2.05, 4.69) is 30.5 Å². The van der Waals surface area contributed by atoms with Crippen LogP contribution in [0.25, 0.3) is 22.4 Å². The van der Waals surface area contributed by atoms with Gasteiger partial charge in [-0.05, 0) is 19.1 Å². The summed E-state index contributed by atoms with van der Waals surface area (Å²) in [6.07, 6.45) is 0.0696. The molecule has 0 radical (unpaired) electrons. The van der Waals surface area contributed by atoms with Crippen LogP contribution >= 0.6 is 23.1 Å². The number of pyridine rings is 1. The molecule has 1 unspecified atom stereocenters. The molecule has 4 N–H and O–H groups in total. The van der Waals surface area contributed by atoms with Crippen molar-refractivity contribution in [3.63, 3.8) is 0 Å². The second-order valence-electron chi connectivity index (χ2n) is 6.39. The number of carbonyl (C=O) groups excluding carboxylic acids is 2. The standard InChI is InChI=1S/C19H17N7O2S2/c1-10(16(20)28)30-19-21-12(9-29-19)8-15(27)23-18-24-17(25-26-18)14-7-6-11-4-2-3-5-13(11)22-14/h2-7,9-10H,8H2,1H3,(H2,20,28)(H2,23,24,25,26,27). The second-order valence-corrected chi connectivity index (χ2v) is 8.83. The van der Waals surface area contributed by atoms with E-state index in [9.17, 15) is 9.59 Å². The molecule has 3 heterocycles. The lowest BCUT2D eigenvalue weighted by Gasteiger charge is -2.02. The summed E-state index contributed by atoms with van der Waals surface area (Å²) in [7, 11) is 0. The Balaban J connectivity index is 1.39. The maximum absolute atomic E-state index is 12.3. The molecule has 0 bridgehead atoms. The molecule has 0 aliphatic heterocycles. The molecule has 3 aromatic heterocycles. The van der Waals surface area contributed by atoms with E-state index < -0.39 is 5.91 Å². The molecular weight excluding hydrogens is 422 g/mol. The quantitative estimate of drug-likeness (QED) is 0.376. The highest BCUT2D eigenvalue weighted by molar-refractivity contribution is 8.02. The minimum Gasteiger partial charge on any atom is -0.369 e. The first-order valence-electron chi connectivity index (χ1n) is 8.97. The first-order chi connectivity index (χ1) is 14.5. The number of amides is 2. The van der Waals surface area contributed by atoms with E-state index in [-0.39, 0.29) is 23.5 Å². The van der Waals surface area contributed by atoms with Crippen LogP contribution in [0.4, 0.5) is 5.95 Å². The van der Waals surface area contributed by atoms with Crippen LogP contribution in [0.3, 0.4) is 0 Å². The van der Waals surface area contributed by atoms with E-state index in [1.807, 2.05) is 36.4 Å². The van der Waals surface area contributed by atoms with Crippen LogP contribution in [0.2, 0.25) is 0 Å². The summed E-state index contributed by atoms with van der Waals surface area (Å²) >= 11 is 2.63. The number of para-hydroxylation sites is 1. The molecule has 2 amide bonds. The number of thiazole rings is 1. The van der Waals surface area contributed by atoms with E-state index in [0.29, 0.717) is 21.6 Å². The van der Waals surface area contributed by atoms with Crippen LogP contribution in [0.1, 0.15) is 12.6 Å². The number of carbonyl (C=O) groups is 2. The highest BCUT2D eigenvalue weighted by Crippen LogP contribution is 2.27. The first kappa shape index (κ1) is 20.0. The van der Waals surface area contributed by atoms with Crippen molar-refractivity contribution in [2.75, 3.05) is 5.32 Å². The molecule has 30 heavy (non-hydrogen) atoms. The molecule has 4 aromatic rings. The molecule has 0 spiro atoms. The topological polar surface area (TPSA) is 140 Å². The van der Waals surface area contributed by atoms with Gasteiger partial charge in [-0.3, -0.25) is 20.0 Å². The van der Waals surface area contributed by atoms with Gasteiger partial charge >= 0.3 is 0 Å². The van der Waals surface area contributed by atoms with Crippen LogP contribution in [0, 0.1) is 0 Å². The molecular formula is C19H17N7O2S2. The number of fused-ring (bicyclic) bond motifs is 1. The molecule has 152 valence electrons. The predicted molar refractivity (Wildman–Crippen MR) is 116 cm³/mol. The van der Waals surface area contributed by atoms with E-state index in [1.54, 1.807) is 12.3 Å². The van der Waals surface area contributed by atoms with Gasteiger partial charge in [0.05, 0.1) is 22.9 Å². The average Bonchev–Trinajstić information content (AvgIpc) is 3.37. The lowest BCUT2D eigenvalue weighted by atomic mass is 10.2. The van der Waals surface area contributed by atoms with E-state index in [1.165, 1.54) is 23.1 Å². The molecule has 0 aliphatic rings. The minimum atomic E-state index is -0.407. The number of benzene rings is 1. The number of aromatic nitrogens is 5. The Morgan fingerprint density at radius 1 is 1.20 bits per heavy atom. The van der Waals surface area contributed by atoms with Gasteiger partial charge in [0.2, 0.25) is 17.8 Å². The van der Waals surface area contributed by atoms with Gasteiger partial charge in [-0.15, -0.1) is 16.4 Å². The summed E-state index contributed by atoms with van der Waals surface area (Å²) in [4.78, 5) is 36.7.